The molecule has 0 saturated heterocycles. The summed E-state index contributed by atoms with van der Waals surface area (Å²) in [6.07, 6.45) is 6.25. The second kappa shape index (κ2) is 9.78. The number of rotatable bonds is 8. The molecule has 6 rings (SSSR count). The van der Waals surface area contributed by atoms with Crippen molar-refractivity contribution in [2.75, 3.05) is 0 Å². The van der Waals surface area contributed by atoms with Gasteiger partial charge >= 0.3 is 5.97 Å². The van der Waals surface area contributed by atoms with Crippen molar-refractivity contribution in [3.05, 3.63) is 68.3 Å². The summed E-state index contributed by atoms with van der Waals surface area (Å²) in [7, 11) is 0. The first-order chi connectivity index (χ1) is 17.5. The molecule has 2 aromatic carbocycles. The number of halogens is 2. The molecule has 2 heterocycles. The number of hydrogen-bond acceptors (Lipinski definition) is 6. The highest BCUT2D eigenvalue weighted by molar-refractivity contribution is 7.18. The molecule has 0 aliphatic heterocycles. The van der Waals surface area contributed by atoms with Gasteiger partial charge in [-0.25, -0.2) is 9.78 Å². The van der Waals surface area contributed by atoms with Crippen molar-refractivity contribution in [2.45, 2.75) is 57.2 Å². The zero-order valence-electron chi connectivity index (χ0n) is 19.4. The summed E-state index contributed by atoms with van der Waals surface area (Å²) in [5, 5.41) is 15.7. The Morgan fingerprint density at radius 2 is 1.94 bits per heavy atom. The van der Waals surface area contributed by atoms with Crippen LogP contribution < -0.4 is 0 Å². The molecule has 186 valence electrons. The van der Waals surface area contributed by atoms with Crippen LogP contribution in [0.3, 0.4) is 0 Å². The van der Waals surface area contributed by atoms with Gasteiger partial charge in [0.1, 0.15) is 11.5 Å². The maximum atomic E-state index is 11.3. The average molecular weight is 543 g/mol. The minimum absolute atomic E-state index is 0.152. The lowest BCUT2D eigenvalue weighted by Gasteiger charge is -2.13. The molecule has 2 aliphatic rings. The lowest BCUT2D eigenvalue weighted by molar-refractivity contribution is 0.0424. The van der Waals surface area contributed by atoms with Gasteiger partial charge in [0, 0.05) is 23.5 Å². The van der Waals surface area contributed by atoms with E-state index in [4.69, 9.17) is 37.4 Å². The fraction of sp³-hybridized carbons (Fsp3) is 0.370. The van der Waals surface area contributed by atoms with Crippen LogP contribution in [0.2, 0.25) is 10.0 Å². The van der Waals surface area contributed by atoms with Crippen LogP contribution in [-0.2, 0) is 17.8 Å². The molecule has 2 atom stereocenters. The van der Waals surface area contributed by atoms with Gasteiger partial charge in [0.2, 0.25) is 0 Å². The van der Waals surface area contributed by atoms with Gasteiger partial charge in [0.25, 0.3) is 0 Å². The maximum absolute atomic E-state index is 11.3. The number of benzene rings is 2. The second-order valence-corrected chi connectivity index (χ2v) is 11.6. The number of carboxylic acid groups (broad SMARTS) is 1. The van der Waals surface area contributed by atoms with Gasteiger partial charge in [-0.05, 0) is 68.4 Å². The summed E-state index contributed by atoms with van der Waals surface area (Å²) in [6, 6.07) is 10.5. The number of thiazole rings is 1. The predicted molar refractivity (Wildman–Crippen MR) is 140 cm³/mol. The van der Waals surface area contributed by atoms with Gasteiger partial charge in [0.15, 0.2) is 0 Å². The van der Waals surface area contributed by atoms with Gasteiger partial charge < -0.3 is 14.4 Å². The standard InChI is InChI=1S/C27H24Cl2N2O4S/c28-19-2-1-3-20(29)24(19)25-18(26(35-31-25)15-5-6-15)13-34-17-8-4-14(10-17)11-23-30-21-9-7-16(27(32)33)12-22(21)36-23/h1-3,7,9,12,14-15,17H,4-6,8,10-11,13H2,(H,32,33)/t14-,17+/m1/s1. The number of carbonyl (C=O) groups is 1. The van der Waals surface area contributed by atoms with Crippen molar-refractivity contribution in [2.24, 2.45) is 5.92 Å². The fourth-order valence-corrected chi connectivity index (χ4v) is 6.75. The molecule has 2 aromatic heterocycles. The van der Waals surface area contributed by atoms with Crippen molar-refractivity contribution in [3.8, 4) is 11.3 Å². The number of ether oxygens (including phenoxy) is 1. The van der Waals surface area contributed by atoms with Crippen molar-refractivity contribution in [1.29, 1.82) is 0 Å². The summed E-state index contributed by atoms with van der Waals surface area (Å²) in [5.74, 6) is 0.853. The normalized spacial score (nSPS) is 19.8. The Kier molecular flexibility index (Phi) is 6.50. The van der Waals surface area contributed by atoms with E-state index in [0.29, 0.717) is 45.3 Å². The smallest absolute Gasteiger partial charge is 0.335 e. The minimum atomic E-state index is -0.916. The predicted octanol–water partition coefficient (Wildman–Crippen LogP) is 7.76. The number of aromatic carboxylic acids is 1. The van der Waals surface area contributed by atoms with Crippen LogP contribution >= 0.6 is 34.5 Å². The number of fused-ring (bicyclic) bond motifs is 1. The third-order valence-electron chi connectivity index (χ3n) is 7.07. The largest absolute Gasteiger partial charge is 0.478 e. The third kappa shape index (κ3) is 4.77. The topological polar surface area (TPSA) is 85.5 Å². The molecule has 6 nitrogen and oxygen atoms in total. The molecule has 2 saturated carbocycles. The van der Waals surface area contributed by atoms with Gasteiger partial charge in [-0.2, -0.15) is 0 Å². The van der Waals surface area contributed by atoms with E-state index in [1.54, 1.807) is 29.5 Å². The van der Waals surface area contributed by atoms with Gasteiger partial charge in [-0.1, -0.05) is 34.4 Å². The van der Waals surface area contributed by atoms with Crippen LogP contribution in [0.4, 0.5) is 0 Å². The maximum Gasteiger partial charge on any atom is 0.335 e. The van der Waals surface area contributed by atoms with Crippen molar-refractivity contribution >= 4 is 50.7 Å². The lowest BCUT2D eigenvalue weighted by Crippen LogP contribution is -2.10. The number of aromatic nitrogens is 2. The second-order valence-electron chi connectivity index (χ2n) is 9.66. The average Bonchev–Trinajstić information content (AvgIpc) is 3.26. The van der Waals surface area contributed by atoms with E-state index in [9.17, 15) is 9.90 Å². The molecule has 2 fully saturated rings. The molecule has 0 radical (unpaired) electrons. The summed E-state index contributed by atoms with van der Waals surface area (Å²) in [4.78, 5) is 16.0. The minimum Gasteiger partial charge on any atom is -0.478 e. The van der Waals surface area contributed by atoms with E-state index >= 15 is 0 Å². The first-order valence-corrected chi connectivity index (χ1v) is 13.7. The van der Waals surface area contributed by atoms with Crippen LogP contribution in [-0.4, -0.2) is 27.3 Å². The SMILES string of the molecule is O=C(O)c1ccc2nc(C[C@@H]3CC[C@H](OCc4c(-c5c(Cl)cccc5Cl)noc4C4CC4)C3)sc2c1. The van der Waals surface area contributed by atoms with Crippen molar-refractivity contribution in [1.82, 2.24) is 10.1 Å². The zero-order valence-corrected chi connectivity index (χ0v) is 21.7. The monoisotopic (exact) mass is 542 g/mol. The quantitative estimate of drug-likeness (QED) is 0.245. The Morgan fingerprint density at radius 1 is 1.14 bits per heavy atom. The molecule has 0 amide bonds. The lowest BCUT2D eigenvalue weighted by atomic mass is 10.0. The van der Waals surface area contributed by atoms with Crippen LogP contribution in [0.1, 0.15) is 64.7 Å². The van der Waals surface area contributed by atoms with Crippen LogP contribution in [0.25, 0.3) is 21.5 Å². The summed E-state index contributed by atoms with van der Waals surface area (Å²) < 4.78 is 13.1. The summed E-state index contributed by atoms with van der Waals surface area (Å²) >= 11 is 14.5. The zero-order chi connectivity index (χ0) is 24.8. The highest BCUT2D eigenvalue weighted by Gasteiger charge is 2.34. The molecule has 2 aliphatic carbocycles. The highest BCUT2D eigenvalue weighted by atomic mass is 35.5. The Bertz CT molecular complexity index is 1420. The van der Waals surface area contributed by atoms with Crippen LogP contribution in [0, 0.1) is 5.92 Å². The molecule has 0 unspecified atom stereocenters. The molecule has 36 heavy (non-hydrogen) atoms. The highest BCUT2D eigenvalue weighted by Crippen LogP contribution is 2.46. The van der Waals surface area contributed by atoms with E-state index in [1.165, 1.54) is 0 Å². The Balaban J connectivity index is 1.14. The Labute approximate surface area is 222 Å². The molecule has 9 heteroatoms. The van der Waals surface area contributed by atoms with Gasteiger partial charge in [0.05, 0.1) is 43.5 Å². The van der Waals surface area contributed by atoms with Crippen LogP contribution in [0.5, 0.6) is 0 Å². The van der Waals surface area contributed by atoms with E-state index in [0.717, 1.165) is 65.1 Å². The van der Waals surface area contributed by atoms with E-state index in [-0.39, 0.29) is 6.10 Å². The molecule has 4 aromatic rings. The third-order valence-corrected chi connectivity index (χ3v) is 8.74. The molecule has 0 spiro atoms. The molecule has 0 bridgehead atoms. The van der Waals surface area contributed by atoms with Gasteiger partial charge in [-0.15, -0.1) is 11.3 Å². The molecular weight excluding hydrogens is 519 g/mol. The van der Waals surface area contributed by atoms with Crippen molar-refractivity contribution < 1.29 is 19.2 Å². The van der Waals surface area contributed by atoms with Crippen molar-refractivity contribution in [3.63, 3.8) is 0 Å². The van der Waals surface area contributed by atoms with E-state index in [2.05, 4.69) is 5.16 Å². The summed E-state index contributed by atoms with van der Waals surface area (Å²) in [6.45, 7) is 0.419. The van der Waals surface area contributed by atoms with E-state index < -0.39 is 5.97 Å². The Hall–Kier alpha value is -2.45. The summed E-state index contributed by atoms with van der Waals surface area (Å²) in [5.41, 5.74) is 3.48. The molecule has 1 N–H and O–H groups in total. The van der Waals surface area contributed by atoms with Crippen LogP contribution in [0.15, 0.2) is 40.9 Å². The number of hydrogen-bond donors (Lipinski definition) is 1. The molecular formula is C27H24Cl2N2O4S. The number of nitrogens with zero attached hydrogens (tertiary/aromatic N) is 2. The number of carboxylic acids is 1. The first kappa shape index (κ1) is 23.9. The Morgan fingerprint density at radius 3 is 2.69 bits per heavy atom. The van der Waals surface area contributed by atoms with E-state index in [1.807, 2.05) is 18.2 Å². The fourth-order valence-electron chi connectivity index (χ4n) is 5.05. The van der Waals surface area contributed by atoms with Gasteiger partial charge in [-0.3, -0.25) is 0 Å². The first-order valence-electron chi connectivity index (χ1n) is 12.1.